The number of rotatable bonds is 2. The molecule has 0 aliphatic heterocycles. The van der Waals surface area contributed by atoms with Gasteiger partial charge in [0, 0.05) is 0 Å². The molecule has 5 heteroatoms. The molecule has 18 heavy (non-hydrogen) atoms. The molecule has 2 rings (SSSR count). The van der Waals surface area contributed by atoms with Crippen LogP contribution in [0.1, 0.15) is 54.1 Å². The summed E-state index contributed by atoms with van der Waals surface area (Å²) in [5, 5.41) is 1.06. The third-order valence-corrected chi connectivity index (χ3v) is 4.47. The first-order chi connectivity index (χ1) is 8.70. The van der Waals surface area contributed by atoms with E-state index >= 15 is 0 Å². The lowest BCUT2D eigenvalue weighted by atomic mass is 10.1. The molecule has 1 fully saturated rings. The van der Waals surface area contributed by atoms with E-state index in [0.717, 1.165) is 21.4 Å². The van der Waals surface area contributed by atoms with Gasteiger partial charge in [-0.3, -0.25) is 4.99 Å². The van der Waals surface area contributed by atoms with Crippen molar-refractivity contribution in [1.29, 1.82) is 0 Å². The highest BCUT2D eigenvalue weighted by Gasteiger charge is 2.15. The van der Waals surface area contributed by atoms with Gasteiger partial charge in [-0.2, -0.15) is 0 Å². The predicted octanol–water partition coefficient (Wildman–Crippen LogP) is 2.69. The summed E-state index contributed by atoms with van der Waals surface area (Å²) in [6.45, 7) is 4.03. The van der Waals surface area contributed by atoms with Crippen molar-refractivity contribution >= 4 is 17.2 Å². The van der Waals surface area contributed by atoms with Gasteiger partial charge in [-0.05, 0) is 26.7 Å². The van der Waals surface area contributed by atoms with Crippen molar-refractivity contribution in [3.05, 3.63) is 15.6 Å². The van der Waals surface area contributed by atoms with Crippen LogP contribution in [-0.2, 0) is 0 Å². The first-order valence-electron chi connectivity index (χ1n) is 6.69. The van der Waals surface area contributed by atoms with Gasteiger partial charge in [-0.1, -0.05) is 25.7 Å². The van der Waals surface area contributed by atoms with Gasteiger partial charge in [0.2, 0.25) is 0 Å². The van der Waals surface area contributed by atoms with Crippen molar-refractivity contribution in [2.75, 3.05) is 0 Å². The number of hydrazine groups is 1. The Labute approximate surface area is 113 Å². The molecule has 0 aromatic carbocycles. The van der Waals surface area contributed by atoms with Gasteiger partial charge in [-0.25, -0.2) is 10.8 Å². The minimum absolute atomic E-state index is 0.417. The normalized spacial score (nSPS) is 18.7. The molecule has 0 radical (unpaired) electrons. The van der Waals surface area contributed by atoms with Gasteiger partial charge in [0.05, 0.1) is 21.6 Å². The largest absolute Gasteiger partial charge is 0.308 e. The minimum Gasteiger partial charge on any atom is -0.308 e. The van der Waals surface area contributed by atoms with Gasteiger partial charge in [0.25, 0.3) is 0 Å². The summed E-state index contributed by atoms with van der Waals surface area (Å²) in [6, 6.07) is 0.417. The maximum Gasteiger partial charge on any atom is 0.155 e. The first kappa shape index (κ1) is 13.5. The SMILES string of the molecule is Cc1nc(C)c(C(=NC2CCCCCC2)NN)s1. The van der Waals surface area contributed by atoms with Crippen LogP contribution >= 0.6 is 11.3 Å². The van der Waals surface area contributed by atoms with Crippen LogP contribution in [0.5, 0.6) is 0 Å². The number of aliphatic imine (C=N–C) groups is 1. The number of nitrogens with two attached hydrogens (primary N) is 1. The summed E-state index contributed by atoms with van der Waals surface area (Å²) >= 11 is 1.66. The number of nitrogens with zero attached hydrogens (tertiary/aromatic N) is 2. The van der Waals surface area contributed by atoms with Crippen LogP contribution in [0.15, 0.2) is 4.99 Å². The van der Waals surface area contributed by atoms with Crippen LogP contribution in [0, 0.1) is 13.8 Å². The molecular formula is C13H22N4S. The van der Waals surface area contributed by atoms with Gasteiger partial charge >= 0.3 is 0 Å². The van der Waals surface area contributed by atoms with Crippen LogP contribution in [-0.4, -0.2) is 16.9 Å². The molecule has 0 unspecified atom stereocenters. The van der Waals surface area contributed by atoms with Crippen LogP contribution in [0.4, 0.5) is 0 Å². The Bertz CT molecular complexity index is 417. The van der Waals surface area contributed by atoms with Gasteiger partial charge in [-0.15, -0.1) is 11.3 Å². The summed E-state index contributed by atoms with van der Waals surface area (Å²) in [5.41, 5.74) is 3.78. The fourth-order valence-electron chi connectivity index (χ4n) is 2.48. The molecule has 0 spiro atoms. The zero-order valence-electron chi connectivity index (χ0n) is 11.2. The number of amidine groups is 1. The van der Waals surface area contributed by atoms with E-state index in [-0.39, 0.29) is 0 Å². The number of aromatic nitrogens is 1. The van der Waals surface area contributed by atoms with E-state index in [9.17, 15) is 0 Å². The quantitative estimate of drug-likeness (QED) is 0.284. The second kappa shape index (κ2) is 6.29. The number of hydrogen-bond donors (Lipinski definition) is 2. The molecule has 1 saturated carbocycles. The van der Waals surface area contributed by atoms with Crippen molar-refractivity contribution < 1.29 is 0 Å². The molecule has 0 amide bonds. The highest BCUT2D eigenvalue weighted by atomic mass is 32.1. The molecule has 1 aliphatic carbocycles. The first-order valence-corrected chi connectivity index (χ1v) is 7.51. The summed E-state index contributed by atoms with van der Waals surface area (Å²) < 4.78 is 0. The van der Waals surface area contributed by atoms with E-state index in [1.54, 1.807) is 11.3 Å². The molecule has 1 aromatic heterocycles. The molecule has 1 aliphatic rings. The smallest absolute Gasteiger partial charge is 0.155 e. The maximum absolute atomic E-state index is 5.64. The molecule has 1 heterocycles. The second-order valence-electron chi connectivity index (χ2n) is 4.91. The van der Waals surface area contributed by atoms with Crippen molar-refractivity contribution in [3.8, 4) is 0 Å². The number of thiazole rings is 1. The molecule has 0 saturated heterocycles. The maximum atomic E-state index is 5.64. The Kier molecular flexibility index (Phi) is 4.72. The van der Waals surface area contributed by atoms with Crippen molar-refractivity contribution in [2.24, 2.45) is 10.8 Å². The second-order valence-corrected chi connectivity index (χ2v) is 6.12. The lowest BCUT2D eigenvalue weighted by Gasteiger charge is -2.11. The van der Waals surface area contributed by atoms with Crippen LogP contribution in [0.25, 0.3) is 0 Å². The zero-order chi connectivity index (χ0) is 13.0. The third kappa shape index (κ3) is 3.29. The fourth-order valence-corrected chi connectivity index (χ4v) is 3.36. The standard InChI is InChI=1S/C13H22N4S/c1-9-12(18-10(2)15-9)13(17-14)16-11-7-5-3-4-6-8-11/h11H,3-8,14H2,1-2H3,(H,16,17). The Morgan fingerprint density at radius 1 is 1.28 bits per heavy atom. The monoisotopic (exact) mass is 266 g/mol. The van der Waals surface area contributed by atoms with Gasteiger partial charge < -0.3 is 5.43 Å². The average Bonchev–Trinajstić information content (AvgIpc) is 2.57. The van der Waals surface area contributed by atoms with Crippen molar-refractivity contribution in [3.63, 3.8) is 0 Å². The van der Waals surface area contributed by atoms with Gasteiger partial charge in [0.1, 0.15) is 0 Å². The topological polar surface area (TPSA) is 63.3 Å². The van der Waals surface area contributed by atoms with E-state index in [1.807, 2.05) is 13.8 Å². The zero-order valence-corrected chi connectivity index (χ0v) is 12.0. The Hall–Kier alpha value is -0.940. The van der Waals surface area contributed by atoms with E-state index in [0.29, 0.717) is 6.04 Å². The number of hydrogen-bond acceptors (Lipinski definition) is 4. The average molecular weight is 266 g/mol. The van der Waals surface area contributed by atoms with E-state index in [2.05, 4.69) is 10.4 Å². The third-order valence-electron chi connectivity index (χ3n) is 3.39. The van der Waals surface area contributed by atoms with Gasteiger partial charge in [0.15, 0.2) is 5.84 Å². The summed E-state index contributed by atoms with van der Waals surface area (Å²) in [5.74, 6) is 6.45. The summed E-state index contributed by atoms with van der Waals surface area (Å²) in [4.78, 5) is 10.3. The van der Waals surface area contributed by atoms with Crippen LogP contribution in [0.2, 0.25) is 0 Å². The molecule has 0 bridgehead atoms. The van der Waals surface area contributed by atoms with Crippen LogP contribution < -0.4 is 11.3 Å². The molecular weight excluding hydrogens is 244 g/mol. The Balaban J connectivity index is 2.18. The predicted molar refractivity (Wildman–Crippen MR) is 76.9 cm³/mol. The van der Waals surface area contributed by atoms with Crippen molar-refractivity contribution in [1.82, 2.24) is 10.4 Å². The summed E-state index contributed by atoms with van der Waals surface area (Å²) in [7, 11) is 0. The lowest BCUT2D eigenvalue weighted by molar-refractivity contribution is 0.583. The number of nitrogens with one attached hydrogen (secondary N) is 1. The molecule has 3 N–H and O–H groups in total. The van der Waals surface area contributed by atoms with E-state index in [4.69, 9.17) is 10.8 Å². The van der Waals surface area contributed by atoms with E-state index in [1.165, 1.54) is 38.5 Å². The highest BCUT2D eigenvalue weighted by Crippen LogP contribution is 2.22. The molecule has 100 valence electrons. The Morgan fingerprint density at radius 3 is 2.44 bits per heavy atom. The minimum atomic E-state index is 0.417. The van der Waals surface area contributed by atoms with E-state index < -0.39 is 0 Å². The van der Waals surface area contributed by atoms with Crippen LogP contribution in [0.3, 0.4) is 0 Å². The van der Waals surface area contributed by atoms with Crippen molar-refractivity contribution in [2.45, 2.75) is 58.4 Å². The highest BCUT2D eigenvalue weighted by molar-refractivity contribution is 7.13. The lowest BCUT2D eigenvalue weighted by Crippen LogP contribution is -2.32. The fraction of sp³-hybridized carbons (Fsp3) is 0.692. The molecule has 0 atom stereocenters. The molecule has 4 nitrogen and oxygen atoms in total. The Morgan fingerprint density at radius 2 is 1.94 bits per heavy atom. The summed E-state index contributed by atoms with van der Waals surface area (Å²) in [6.07, 6.45) is 7.62. The molecule has 1 aromatic rings. The number of aryl methyl sites for hydroxylation is 2.